The fourth-order valence-corrected chi connectivity index (χ4v) is 10.8. The second-order valence-corrected chi connectivity index (χ2v) is 17.2. The molecule has 0 N–H and O–H groups in total. The third kappa shape index (κ3) is 7.61. The minimum atomic E-state index is -0.810. The maximum Gasteiger partial charge on any atom is 0.125 e. The number of hydrogen-bond acceptors (Lipinski definition) is 2. The molecule has 0 amide bonds. The lowest BCUT2D eigenvalue weighted by molar-refractivity contribution is 0.749. The van der Waals surface area contributed by atoms with Crippen LogP contribution < -0.4 is 4.90 Å². The van der Waals surface area contributed by atoms with Crippen LogP contribution in [0.15, 0.2) is 246 Å². The van der Waals surface area contributed by atoms with E-state index in [0.717, 1.165) is 44.9 Å². The molecule has 0 unspecified atom stereocenters. The first-order valence-electron chi connectivity index (χ1n) is 21.7. The molecular weight excluding hydrogens is 799 g/mol. The van der Waals surface area contributed by atoms with Crippen molar-refractivity contribution in [2.75, 3.05) is 4.90 Å². The molecule has 0 atom stereocenters. The lowest BCUT2D eigenvalue weighted by Crippen LogP contribution is -2.30. The van der Waals surface area contributed by atoms with Crippen LogP contribution in [0.4, 0.5) is 17.1 Å². The molecule has 10 rings (SSSR count). The highest BCUT2D eigenvalue weighted by molar-refractivity contribution is 7.19. The van der Waals surface area contributed by atoms with Gasteiger partial charge in [0.05, 0.1) is 5.41 Å². The Kier molecular flexibility index (Phi) is 11.5. The van der Waals surface area contributed by atoms with E-state index in [-0.39, 0.29) is 10.9 Å². The molecule has 300 valence electrons. The predicted molar refractivity (Wildman–Crippen MR) is 277 cm³/mol. The van der Waals surface area contributed by atoms with Crippen molar-refractivity contribution in [1.82, 2.24) is 0 Å². The van der Waals surface area contributed by atoms with Gasteiger partial charge in [-0.25, -0.2) is 0 Å². The van der Waals surface area contributed by atoms with Crippen molar-refractivity contribution in [3.63, 3.8) is 0 Å². The number of rotatable bonds is 10. The Hall–Kier alpha value is -7.51. The van der Waals surface area contributed by atoms with E-state index in [2.05, 4.69) is 211 Å². The number of benzene rings is 8. The van der Waals surface area contributed by atoms with Crippen LogP contribution in [0.2, 0.25) is 0 Å². The van der Waals surface area contributed by atoms with E-state index in [4.69, 9.17) is 30.0 Å². The van der Waals surface area contributed by atoms with E-state index < -0.39 is 5.41 Å². The van der Waals surface area contributed by atoms with Crippen LogP contribution in [0.3, 0.4) is 0 Å². The Morgan fingerprint density at radius 3 is 1.22 bits per heavy atom. The van der Waals surface area contributed by atoms with Gasteiger partial charge >= 0.3 is 0 Å². The van der Waals surface area contributed by atoms with Crippen LogP contribution in [0.5, 0.6) is 0 Å². The minimum absolute atomic E-state index is 0.118. The molecule has 1 aliphatic carbocycles. The molecule has 1 aliphatic rings. The van der Waals surface area contributed by atoms with Gasteiger partial charge in [0, 0.05) is 26.8 Å². The lowest BCUT2D eigenvalue weighted by atomic mass is 9.60. The quantitative estimate of drug-likeness (QED) is 0.0980. The second-order valence-electron chi connectivity index (χ2n) is 16.2. The average molecular weight is 839 g/mol. The summed E-state index contributed by atoms with van der Waals surface area (Å²) in [5.74, 6) is 2.54. The van der Waals surface area contributed by atoms with Crippen molar-refractivity contribution in [2.24, 2.45) is 0 Å². The molecule has 0 saturated carbocycles. The zero-order valence-corrected chi connectivity index (χ0v) is 36.6. The first kappa shape index (κ1) is 41.5. The summed E-state index contributed by atoms with van der Waals surface area (Å²) in [4.78, 5) is 4.66. The number of hydrogen-bond donors (Lipinski definition) is 0. The van der Waals surface area contributed by atoms with E-state index in [1.807, 2.05) is 35.6 Å². The van der Waals surface area contributed by atoms with Gasteiger partial charge in [-0.15, -0.1) is 28.7 Å². The summed E-state index contributed by atoms with van der Waals surface area (Å²) in [5, 5.41) is 0. The maximum absolute atomic E-state index is 7.23. The SMILES string of the molecule is [B]/C(C#C)=C([B])/C([B])=C1\Cc2c(-c3ccc(N(c4ccc(-c5ccccc5)cc4)c4ccc(-c5ccccc5)cc4)cc3)sc(-c3ccccc3)c2C1(c1ccccc1)c1ccccc1. The average Bonchev–Trinajstić information content (AvgIpc) is 3.94. The highest BCUT2D eigenvalue weighted by Crippen LogP contribution is 2.61. The first-order chi connectivity index (χ1) is 31.9. The third-order valence-electron chi connectivity index (χ3n) is 12.6. The molecule has 8 aromatic carbocycles. The summed E-state index contributed by atoms with van der Waals surface area (Å²) in [7, 11) is 20.4. The number of anilines is 3. The van der Waals surface area contributed by atoms with Gasteiger partial charge in [-0.3, -0.25) is 0 Å². The Labute approximate surface area is 390 Å². The fourth-order valence-electron chi connectivity index (χ4n) is 9.46. The number of terminal acetylenes is 1. The number of thiophene rings is 1. The second kappa shape index (κ2) is 17.9. The molecule has 6 radical (unpaired) electrons. The Balaban J connectivity index is 1.16. The van der Waals surface area contributed by atoms with E-state index in [9.17, 15) is 0 Å². The molecule has 9 aromatic rings. The summed E-state index contributed by atoms with van der Waals surface area (Å²) >= 11 is 1.82. The van der Waals surface area contributed by atoms with Gasteiger partial charge in [0.2, 0.25) is 0 Å². The Morgan fingerprint density at radius 1 is 0.446 bits per heavy atom. The van der Waals surface area contributed by atoms with Gasteiger partial charge in [-0.05, 0) is 98.5 Å². The minimum Gasteiger partial charge on any atom is -0.311 e. The fraction of sp³-hybridized carbons (Fsp3) is 0.0333. The lowest BCUT2D eigenvalue weighted by Gasteiger charge is -2.36. The summed E-state index contributed by atoms with van der Waals surface area (Å²) < 4.78 is 0. The van der Waals surface area contributed by atoms with Crippen molar-refractivity contribution in [1.29, 1.82) is 0 Å². The van der Waals surface area contributed by atoms with Crippen molar-refractivity contribution in [3.05, 3.63) is 269 Å². The molecule has 0 aliphatic heterocycles. The third-order valence-corrected chi connectivity index (χ3v) is 13.9. The van der Waals surface area contributed by atoms with E-state index >= 15 is 0 Å². The van der Waals surface area contributed by atoms with E-state index in [1.54, 1.807) is 0 Å². The van der Waals surface area contributed by atoms with Gasteiger partial charge < -0.3 is 4.90 Å². The van der Waals surface area contributed by atoms with Crippen LogP contribution in [0.25, 0.3) is 43.1 Å². The number of allylic oxidation sites excluding steroid dienone is 4. The molecule has 0 bridgehead atoms. The topological polar surface area (TPSA) is 3.24 Å². The maximum atomic E-state index is 7.23. The van der Waals surface area contributed by atoms with Crippen molar-refractivity contribution >= 4 is 51.9 Å². The number of nitrogens with zero attached hydrogens (tertiary/aromatic N) is 1. The Morgan fingerprint density at radius 2 is 0.800 bits per heavy atom. The van der Waals surface area contributed by atoms with Crippen LogP contribution in [-0.4, -0.2) is 23.5 Å². The van der Waals surface area contributed by atoms with Gasteiger partial charge in [0.15, 0.2) is 0 Å². The van der Waals surface area contributed by atoms with Gasteiger partial charge in [0.1, 0.15) is 23.5 Å². The highest BCUT2D eigenvalue weighted by atomic mass is 32.1. The van der Waals surface area contributed by atoms with Crippen LogP contribution in [0, 0.1) is 12.3 Å². The van der Waals surface area contributed by atoms with Crippen LogP contribution >= 0.6 is 11.3 Å². The van der Waals surface area contributed by atoms with E-state index in [1.165, 1.54) is 43.1 Å². The molecule has 1 aromatic heterocycles. The largest absolute Gasteiger partial charge is 0.311 e. The predicted octanol–water partition coefficient (Wildman–Crippen LogP) is 14.4. The summed E-state index contributed by atoms with van der Waals surface area (Å²) in [6.45, 7) is 0. The Bertz CT molecular complexity index is 3080. The summed E-state index contributed by atoms with van der Waals surface area (Å²) in [6.07, 6.45) is 6.38. The molecule has 0 fully saturated rings. The number of fused-ring (bicyclic) bond motifs is 1. The summed E-state index contributed by atoms with van der Waals surface area (Å²) in [5.41, 5.74) is 15.5. The van der Waals surface area contributed by atoms with Gasteiger partial charge in [-0.1, -0.05) is 205 Å². The van der Waals surface area contributed by atoms with Crippen molar-refractivity contribution in [2.45, 2.75) is 11.8 Å². The first-order valence-corrected chi connectivity index (χ1v) is 22.5. The van der Waals surface area contributed by atoms with Crippen LogP contribution in [-0.2, 0) is 11.8 Å². The zero-order valence-electron chi connectivity index (χ0n) is 35.7. The standard InChI is InChI=1S/C60H40B3NS/c1-2-54(61)57(63)56(62)53-40-52-55(60(53,47-24-14-6-15-25-47)48-26-16-7-17-27-48)59(45-22-12-5-13-23-45)65-58(52)46-32-38-51(39-33-46)64(49-34-28-43(29-35-49)41-18-8-3-9-19-41)50-36-30-44(31-37-50)42-20-10-4-11-21-42/h1,3-39H,40H2/b56-53-,57-54-. The molecule has 0 spiro atoms. The van der Waals surface area contributed by atoms with Gasteiger partial charge in [-0.2, -0.15) is 0 Å². The van der Waals surface area contributed by atoms with Crippen LogP contribution in [0.1, 0.15) is 22.3 Å². The highest BCUT2D eigenvalue weighted by Gasteiger charge is 2.50. The van der Waals surface area contributed by atoms with E-state index in [0.29, 0.717) is 11.9 Å². The molecule has 1 nitrogen and oxygen atoms in total. The molecule has 0 saturated heterocycles. The monoisotopic (exact) mass is 839 g/mol. The smallest absolute Gasteiger partial charge is 0.125 e. The summed E-state index contributed by atoms with van der Waals surface area (Å²) in [6, 6.07) is 79.4. The zero-order chi connectivity index (χ0) is 44.3. The molecule has 65 heavy (non-hydrogen) atoms. The molecular formula is C60H40B3NS. The van der Waals surface area contributed by atoms with Gasteiger partial charge in [0.25, 0.3) is 0 Å². The van der Waals surface area contributed by atoms with Crippen molar-refractivity contribution in [3.8, 4) is 55.5 Å². The normalized spacial score (nSPS) is 13.9. The molecule has 1 heterocycles. The van der Waals surface area contributed by atoms with Crippen molar-refractivity contribution < 1.29 is 0 Å². The molecule has 5 heteroatoms.